The van der Waals surface area contributed by atoms with Gasteiger partial charge in [-0.05, 0) is 55.7 Å². The van der Waals surface area contributed by atoms with E-state index in [1.54, 1.807) is 31.2 Å². The van der Waals surface area contributed by atoms with Gasteiger partial charge in [-0.15, -0.1) is 0 Å². The molecule has 3 aromatic rings. The van der Waals surface area contributed by atoms with Crippen LogP contribution in [0.25, 0.3) is 10.2 Å². The summed E-state index contributed by atoms with van der Waals surface area (Å²) < 4.78 is 39.1. The zero-order chi connectivity index (χ0) is 25.0. The summed E-state index contributed by atoms with van der Waals surface area (Å²) in [5.41, 5.74) is 1.15. The summed E-state index contributed by atoms with van der Waals surface area (Å²) >= 11 is 1.43. The van der Waals surface area contributed by atoms with E-state index < -0.39 is 10.0 Å². The highest BCUT2D eigenvalue weighted by atomic mass is 32.2. The number of hydrogen-bond acceptors (Lipinski definition) is 7. The van der Waals surface area contributed by atoms with E-state index in [0.717, 1.165) is 35.9 Å². The van der Waals surface area contributed by atoms with E-state index in [-0.39, 0.29) is 16.9 Å². The highest BCUT2D eigenvalue weighted by Crippen LogP contribution is 2.33. The Morgan fingerprint density at radius 3 is 2.66 bits per heavy atom. The maximum absolute atomic E-state index is 13.6. The predicted octanol–water partition coefficient (Wildman–Crippen LogP) is 4.55. The first kappa shape index (κ1) is 25.6. The van der Waals surface area contributed by atoms with Crippen molar-refractivity contribution in [1.29, 1.82) is 0 Å². The van der Waals surface area contributed by atoms with Crippen molar-refractivity contribution < 1.29 is 22.7 Å². The fourth-order valence-electron chi connectivity index (χ4n) is 3.98. The Balaban J connectivity index is 1.62. The molecule has 8 nitrogen and oxygen atoms in total. The molecule has 1 unspecified atom stereocenters. The first-order valence-electron chi connectivity index (χ1n) is 11.8. The second-order valence-electron chi connectivity index (χ2n) is 8.59. The third kappa shape index (κ3) is 5.66. The lowest BCUT2D eigenvalue weighted by atomic mass is 10.2. The Morgan fingerprint density at radius 1 is 1.23 bits per heavy atom. The standard InChI is InChI=1S/C25H31N3O5S2/c1-4-5-14-27(2)35(30,31)21-11-8-18(9-12-21)24(29)28(17-20-7-6-15-33-20)25-26-22-16-19(32-3)10-13-23(22)34-25/h8-13,16,20H,4-7,14-15,17H2,1-3H3. The maximum atomic E-state index is 13.6. The van der Waals surface area contributed by atoms with E-state index in [4.69, 9.17) is 14.5 Å². The first-order valence-corrected chi connectivity index (χ1v) is 14.0. The van der Waals surface area contributed by atoms with Crippen LogP contribution in [0, 0.1) is 0 Å². The highest BCUT2D eigenvalue weighted by Gasteiger charge is 2.28. The molecule has 2 heterocycles. The molecule has 0 spiro atoms. The minimum Gasteiger partial charge on any atom is -0.497 e. The number of unbranched alkanes of at least 4 members (excludes halogenated alkanes) is 1. The Morgan fingerprint density at radius 2 is 2.00 bits per heavy atom. The SMILES string of the molecule is CCCCN(C)S(=O)(=O)c1ccc(C(=O)N(CC2CCCO2)c2nc3cc(OC)ccc3s2)cc1. The van der Waals surface area contributed by atoms with E-state index in [1.807, 2.05) is 25.1 Å². The molecule has 0 N–H and O–H groups in total. The van der Waals surface area contributed by atoms with E-state index >= 15 is 0 Å². The number of thiazole rings is 1. The third-order valence-corrected chi connectivity index (χ3v) is 9.04. The highest BCUT2D eigenvalue weighted by molar-refractivity contribution is 7.89. The summed E-state index contributed by atoms with van der Waals surface area (Å²) in [6.07, 6.45) is 3.48. The molecule has 1 aromatic heterocycles. The van der Waals surface area contributed by atoms with Crippen molar-refractivity contribution in [3.8, 4) is 5.75 Å². The van der Waals surface area contributed by atoms with Crippen molar-refractivity contribution >= 4 is 42.6 Å². The quantitative estimate of drug-likeness (QED) is 0.392. The predicted molar refractivity (Wildman–Crippen MR) is 138 cm³/mol. The topological polar surface area (TPSA) is 89.0 Å². The van der Waals surface area contributed by atoms with Crippen LogP contribution in [0.1, 0.15) is 43.0 Å². The van der Waals surface area contributed by atoms with Crippen LogP contribution in [0.15, 0.2) is 47.4 Å². The van der Waals surface area contributed by atoms with Crippen molar-refractivity contribution in [3.05, 3.63) is 48.0 Å². The third-order valence-electron chi connectivity index (χ3n) is 6.11. The summed E-state index contributed by atoms with van der Waals surface area (Å²) in [5, 5.41) is 0.574. The number of carbonyl (C=O) groups excluding carboxylic acids is 1. The molecule has 10 heteroatoms. The van der Waals surface area contributed by atoms with Gasteiger partial charge in [0.1, 0.15) is 5.75 Å². The smallest absolute Gasteiger partial charge is 0.260 e. The van der Waals surface area contributed by atoms with Crippen LogP contribution in [0.3, 0.4) is 0 Å². The normalized spacial score (nSPS) is 16.2. The Kier molecular flexibility index (Phi) is 8.05. The molecule has 1 atom stereocenters. The van der Waals surface area contributed by atoms with Crippen molar-refractivity contribution in [1.82, 2.24) is 9.29 Å². The second-order valence-corrected chi connectivity index (χ2v) is 11.6. The van der Waals surface area contributed by atoms with Gasteiger partial charge in [0.05, 0.1) is 34.9 Å². The van der Waals surface area contributed by atoms with Crippen LogP contribution in [0.4, 0.5) is 5.13 Å². The van der Waals surface area contributed by atoms with Gasteiger partial charge in [-0.3, -0.25) is 9.69 Å². The molecular formula is C25H31N3O5S2. The molecule has 0 aliphatic carbocycles. The number of anilines is 1. The number of nitrogens with zero attached hydrogens (tertiary/aromatic N) is 3. The van der Waals surface area contributed by atoms with Gasteiger partial charge >= 0.3 is 0 Å². The summed E-state index contributed by atoms with van der Waals surface area (Å²) in [6.45, 7) is 3.54. The molecule has 0 bridgehead atoms. The molecule has 188 valence electrons. The lowest BCUT2D eigenvalue weighted by Crippen LogP contribution is -2.37. The van der Waals surface area contributed by atoms with Crippen molar-refractivity contribution in [2.45, 2.75) is 43.6 Å². The lowest BCUT2D eigenvalue weighted by Gasteiger charge is -2.23. The Hall–Kier alpha value is -2.53. The number of amides is 1. The largest absolute Gasteiger partial charge is 0.497 e. The number of benzene rings is 2. The maximum Gasteiger partial charge on any atom is 0.260 e. The van der Waals surface area contributed by atoms with E-state index in [0.29, 0.717) is 36.1 Å². The van der Waals surface area contributed by atoms with Crippen LogP contribution in [-0.4, -0.2) is 63.6 Å². The van der Waals surface area contributed by atoms with Crippen LogP contribution in [-0.2, 0) is 14.8 Å². The van der Waals surface area contributed by atoms with Crippen molar-refractivity contribution in [3.63, 3.8) is 0 Å². The number of fused-ring (bicyclic) bond motifs is 1. The van der Waals surface area contributed by atoms with Crippen LogP contribution in [0.5, 0.6) is 5.75 Å². The molecule has 0 radical (unpaired) electrons. The Labute approximate surface area is 210 Å². The molecular weight excluding hydrogens is 486 g/mol. The zero-order valence-corrected chi connectivity index (χ0v) is 21.9. The molecule has 4 rings (SSSR count). The van der Waals surface area contributed by atoms with Gasteiger partial charge in [0.15, 0.2) is 5.13 Å². The number of ether oxygens (including phenoxy) is 2. The molecule has 1 fully saturated rings. The summed E-state index contributed by atoms with van der Waals surface area (Å²) in [5.74, 6) is 0.460. The van der Waals surface area contributed by atoms with Crippen molar-refractivity contribution in [2.24, 2.45) is 0 Å². The van der Waals surface area contributed by atoms with Gasteiger partial charge in [0, 0.05) is 31.8 Å². The molecule has 2 aromatic carbocycles. The number of methoxy groups -OCH3 is 1. The average molecular weight is 518 g/mol. The number of sulfonamides is 1. The monoisotopic (exact) mass is 517 g/mol. The molecule has 1 aliphatic heterocycles. The molecule has 1 amide bonds. The van der Waals surface area contributed by atoms with Gasteiger partial charge in [-0.2, -0.15) is 0 Å². The number of aromatic nitrogens is 1. The first-order chi connectivity index (χ1) is 16.8. The summed E-state index contributed by atoms with van der Waals surface area (Å²) in [4.78, 5) is 20.1. The van der Waals surface area contributed by atoms with E-state index in [1.165, 1.54) is 27.8 Å². The molecule has 1 aliphatic rings. The minimum absolute atomic E-state index is 0.0626. The zero-order valence-electron chi connectivity index (χ0n) is 20.3. The van der Waals surface area contributed by atoms with Gasteiger partial charge in [0.25, 0.3) is 5.91 Å². The Bertz CT molecular complexity index is 1270. The van der Waals surface area contributed by atoms with Gasteiger partial charge in [-0.1, -0.05) is 24.7 Å². The van der Waals surface area contributed by atoms with Crippen LogP contribution in [0.2, 0.25) is 0 Å². The van der Waals surface area contributed by atoms with Crippen LogP contribution < -0.4 is 9.64 Å². The van der Waals surface area contributed by atoms with Gasteiger partial charge < -0.3 is 9.47 Å². The number of rotatable bonds is 10. The summed E-state index contributed by atoms with van der Waals surface area (Å²) in [6, 6.07) is 11.8. The number of carbonyl (C=O) groups is 1. The minimum atomic E-state index is -3.60. The fraction of sp³-hybridized carbons (Fsp3) is 0.440. The average Bonchev–Trinajstić information content (AvgIpc) is 3.54. The van der Waals surface area contributed by atoms with Crippen molar-refractivity contribution in [2.75, 3.05) is 38.8 Å². The lowest BCUT2D eigenvalue weighted by molar-refractivity contribution is 0.0917. The molecule has 35 heavy (non-hydrogen) atoms. The molecule has 0 saturated carbocycles. The van der Waals surface area contributed by atoms with Crippen LogP contribution >= 0.6 is 11.3 Å². The summed E-state index contributed by atoms with van der Waals surface area (Å²) in [7, 11) is -0.419. The van der Waals surface area contributed by atoms with E-state index in [2.05, 4.69) is 0 Å². The molecule has 1 saturated heterocycles. The van der Waals surface area contributed by atoms with Gasteiger partial charge in [0.2, 0.25) is 10.0 Å². The van der Waals surface area contributed by atoms with E-state index in [9.17, 15) is 13.2 Å². The second kappa shape index (κ2) is 11.0. The fourth-order valence-corrected chi connectivity index (χ4v) is 6.15. The van der Waals surface area contributed by atoms with Gasteiger partial charge in [-0.25, -0.2) is 17.7 Å². The number of hydrogen-bond donors (Lipinski definition) is 0.